The fourth-order valence-electron chi connectivity index (χ4n) is 1.46. The number of halogens is 2. The Labute approximate surface area is 132 Å². The number of ether oxygens (including phenoxy) is 2. The molecular weight excluding hydrogens is 392 g/mol. The van der Waals surface area contributed by atoms with Crippen LogP contribution < -0.4 is 16.0 Å². The van der Waals surface area contributed by atoms with E-state index in [-0.39, 0.29) is 6.61 Å². The van der Waals surface area contributed by atoms with Crippen molar-refractivity contribution >= 4 is 37.7 Å². The van der Waals surface area contributed by atoms with Crippen molar-refractivity contribution in [3.8, 4) is 11.6 Å². The van der Waals surface area contributed by atoms with Gasteiger partial charge >= 0.3 is 0 Å². The number of nitrogens with one attached hydrogen (secondary N) is 1. The number of nitrogens with two attached hydrogens (primary N) is 1. The average molecular weight is 404 g/mol. The molecule has 0 fully saturated rings. The van der Waals surface area contributed by atoms with Crippen LogP contribution in [0.2, 0.25) is 0 Å². The third kappa shape index (κ3) is 3.89. The number of aromatic nitrogens is 2. The number of rotatable bonds is 5. The first kappa shape index (κ1) is 15.2. The lowest BCUT2D eigenvalue weighted by Gasteiger charge is -2.10. The minimum absolute atomic E-state index is 0.271. The van der Waals surface area contributed by atoms with Crippen molar-refractivity contribution in [3.63, 3.8) is 0 Å². The van der Waals surface area contributed by atoms with E-state index in [2.05, 4.69) is 47.3 Å². The topological polar surface area (TPSA) is 82.3 Å². The average Bonchev–Trinajstić information content (AvgIpc) is 2.42. The molecule has 1 aromatic carbocycles. The Hall–Kier alpha value is -1.22. The molecule has 8 heteroatoms. The summed E-state index contributed by atoms with van der Waals surface area (Å²) in [6.07, 6.45) is 0. The standard InChI is InChI=1S/C12H12Br2N4O2/c1-19-6-11-16-10(18-15)5-12(17-11)20-9-3-2-7(13)4-8(9)14/h2-5H,6,15H2,1H3,(H,16,17,18). The van der Waals surface area contributed by atoms with E-state index in [0.29, 0.717) is 23.3 Å². The Morgan fingerprint density at radius 3 is 2.70 bits per heavy atom. The molecule has 0 saturated heterocycles. The zero-order chi connectivity index (χ0) is 14.5. The molecule has 6 nitrogen and oxygen atoms in total. The predicted molar refractivity (Wildman–Crippen MR) is 82.5 cm³/mol. The molecule has 0 aliphatic rings. The van der Waals surface area contributed by atoms with Crippen molar-refractivity contribution in [3.05, 3.63) is 39.0 Å². The predicted octanol–water partition coefficient (Wildman–Crippen LogP) is 3.23. The number of hydrazine groups is 1. The van der Waals surface area contributed by atoms with Gasteiger partial charge in [-0.3, -0.25) is 0 Å². The van der Waals surface area contributed by atoms with Gasteiger partial charge < -0.3 is 14.9 Å². The van der Waals surface area contributed by atoms with Crippen molar-refractivity contribution in [1.29, 1.82) is 0 Å². The fraction of sp³-hybridized carbons (Fsp3) is 0.167. The summed E-state index contributed by atoms with van der Waals surface area (Å²) in [4.78, 5) is 8.39. The fourth-order valence-corrected chi connectivity index (χ4v) is 2.59. The zero-order valence-corrected chi connectivity index (χ0v) is 13.7. The van der Waals surface area contributed by atoms with Crippen LogP contribution >= 0.6 is 31.9 Å². The number of hydrogen-bond donors (Lipinski definition) is 2. The van der Waals surface area contributed by atoms with Crippen molar-refractivity contribution < 1.29 is 9.47 Å². The van der Waals surface area contributed by atoms with Gasteiger partial charge in [-0.25, -0.2) is 10.8 Å². The number of hydrogen-bond acceptors (Lipinski definition) is 6. The Morgan fingerprint density at radius 1 is 1.25 bits per heavy atom. The van der Waals surface area contributed by atoms with Crippen LogP contribution in [0.3, 0.4) is 0 Å². The second-order valence-electron chi connectivity index (χ2n) is 3.76. The molecule has 20 heavy (non-hydrogen) atoms. The highest BCUT2D eigenvalue weighted by Gasteiger charge is 2.08. The van der Waals surface area contributed by atoms with E-state index in [1.165, 1.54) is 0 Å². The number of nitrogen functional groups attached to an aromatic ring is 1. The minimum atomic E-state index is 0.271. The maximum absolute atomic E-state index is 5.72. The van der Waals surface area contributed by atoms with E-state index < -0.39 is 0 Å². The van der Waals surface area contributed by atoms with Gasteiger partial charge in [0.25, 0.3) is 0 Å². The van der Waals surface area contributed by atoms with Gasteiger partial charge in [0.05, 0.1) is 4.47 Å². The quantitative estimate of drug-likeness (QED) is 0.589. The van der Waals surface area contributed by atoms with Crippen LogP contribution in [0, 0.1) is 0 Å². The van der Waals surface area contributed by atoms with E-state index in [1.54, 1.807) is 13.2 Å². The van der Waals surface area contributed by atoms with Crippen LogP contribution in [-0.2, 0) is 11.3 Å². The van der Waals surface area contributed by atoms with Gasteiger partial charge in [0.2, 0.25) is 5.88 Å². The third-order valence-electron chi connectivity index (χ3n) is 2.28. The smallest absolute Gasteiger partial charge is 0.224 e. The first-order chi connectivity index (χ1) is 9.62. The molecule has 2 rings (SSSR count). The van der Waals surface area contributed by atoms with Crippen LogP contribution in [0.4, 0.5) is 5.82 Å². The Morgan fingerprint density at radius 2 is 2.05 bits per heavy atom. The summed E-state index contributed by atoms with van der Waals surface area (Å²) in [5.41, 5.74) is 2.47. The molecule has 3 N–H and O–H groups in total. The maximum Gasteiger partial charge on any atom is 0.224 e. The summed E-state index contributed by atoms with van der Waals surface area (Å²) in [5.74, 6) is 7.32. The molecule has 0 saturated carbocycles. The molecule has 0 unspecified atom stereocenters. The highest BCUT2D eigenvalue weighted by molar-refractivity contribution is 9.11. The zero-order valence-electron chi connectivity index (χ0n) is 10.6. The summed E-state index contributed by atoms with van der Waals surface area (Å²) >= 11 is 6.81. The first-order valence-electron chi connectivity index (χ1n) is 5.59. The number of methoxy groups -OCH3 is 1. The molecule has 0 aliphatic carbocycles. The third-order valence-corrected chi connectivity index (χ3v) is 3.39. The van der Waals surface area contributed by atoms with E-state index in [9.17, 15) is 0 Å². The lowest BCUT2D eigenvalue weighted by molar-refractivity contribution is 0.177. The molecule has 0 radical (unpaired) electrons. The second-order valence-corrected chi connectivity index (χ2v) is 5.53. The van der Waals surface area contributed by atoms with E-state index in [4.69, 9.17) is 15.3 Å². The highest BCUT2D eigenvalue weighted by Crippen LogP contribution is 2.31. The Balaban J connectivity index is 2.29. The van der Waals surface area contributed by atoms with Crippen LogP contribution in [0.1, 0.15) is 5.82 Å². The summed E-state index contributed by atoms with van der Waals surface area (Å²) < 4.78 is 12.5. The second kappa shape index (κ2) is 6.98. The Bertz CT molecular complexity index is 610. The van der Waals surface area contributed by atoms with Gasteiger partial charge in [-0.1, -0.05) is 15.9 Å². The van der Waals surface area contributed by atoms with Crippen LogP contribution in [-0.4, -0.2) is 17.1 Å². The van der Waals surface area contributed by atoms with Gasteiger partial charge in [0, 0.05) is 17.6 Å². The molecule has 2 aromatic rings. The summed E-state index contributed by atoms with van der Waals surface area (Å²) in [7, 11) is 1.57. The van der Waals surface area contributed by atoms with Crippen molar-refractivity contribution in [1.82, 2.24) is 9.97 Å². The largest absolute Gasteiger partial charge is 0.438 e. The Kier molecular flexibility index (Phi) is 5.30. The van der Waals surface area contributed by atoms with Gasteiger partial charge in [-0.05, 0) is 34.1 Å². The number of nitrogens with zero attached hydrogens (tertiary/aromatic N) is 2. The van der Waals surface area contributed by atoms with Gasteiger partial charge in [-0.2, -0.15) is 4.98 Å². The van der Waals surface area contributed by atoms with Gasteiger partial charge in [0.15, 0.2) is 5.82 Å². The maximum atomic E-state index is 5.72. The molecule has 1 aromatic heterocycles. The molecule has 0 spiro atoms. The molecule has 1 heterocycles. The number of anilines is 1. The molecule has 0 aliphatic heterocycles. The molecular formula is C12H12Br2N4O2. The van der Waals surface area contributed by atoms with Crippen LogP contribution in [0.25, 0.3) is 0 Å². The van der Waals surface area contributed by atoms with E-state index >= 15 is 0 Å². The summed E-state index contributed by atoms with van der Waals surface area (Å²) in [6, 6.07) is 7.18. The van der Waals surface area contributed by atoms with E-state index in [0.717, 1.165) is 8.95 Å². The monoisotopic (exact) mass is 402 g/mol. The van der Waals surface area contributed by atoms with Crippen molar-refractivity contribution in [2.24, 2.45) is 5.84 Å². The SMILES string of the molecule is COCc1nc(NN)cc(Oc2ccc(Br)cc2Br)n1. The molecule has 0 atom stereocenters. The van der Waals surface area contributed by atoms with Crippen LogP contribution in [0.15, 0.2) is 33.2 Å². The molecule has 106 valence electrons. The number of benzene rings is 1. The summed E-state index contributed by atoms with van der Waals surface area (Å²) in [6.45, 7) is 0.271. The van der Waals surface area contributed by atoms with Crippen molar-refractivity contribution in [2.75, 3.05) is 12.5 Å². The normalized spacial score (nSPS) is 10.4. The lowest BCUT2D eigenvalue weighted by Crippen LogP contribution is -2.11. The van der Waals surface area contributed by atoms with Gasteiger partial charge in [0.1, 0.15) is 18.2 Å². The van der Waals surface area contributed by atoms with E-state index in [1.807, 2.05) is 18.2 Å². The first-order valence-corrected chi connectivity index (χ1v) is 7.17. The van der Waals surface area contributed by atoms with Crippen molar-refractivity contribution in [2.45, 2.75) is 6.61 Å². The van der Waals surface area contributed by atoms with Crippen LogP contribution in [0.5, 0.6) is 11.6 Å². The van der Waals surface area contributed by atoms with Gasteiger partial charge in [-0.15, -0.1) is 0 Å². The lowest BCUT2D eigenvalue weighted by atomic mass is 10.3. The minimum Gasteiger partial charge on any atom is -0.438 e. The molecule has 0 amide bonds. The highest BCUT2D eigenvalue weighted by atomic mass is 79.9. The summed E-state index contributed by atoms with van der Waals surface area (Å²) in [5, 5.41) is 0. The molecule has 0 bridgehead atoms.